The highest BCUT2D eigenvalue weighted by Gasteiger charge is 2.13. The maximum atomic E-state index is 13.2. The van der Waals surface area contributed by atoms with Crippen LogP contribution in [-0.4, -0.2) is 20.0 Å². The molecule has 0 atom stereocenters. The predicted molar refractivity (Wildman–Crippen MR) is 105 cm³/mol. The Morgan fingerprint density at radius 2 is 1.81 bits per heavy atom. The van der Waals surface area contributed by atoms with Crippen LogP contribution in [-0.2, 0) is 6.42 Å². The summed E-state index contributed by atoms with van der Waals surface area (Å²) in [6.45, 7) is 2.20. The standard InChI is InChI=1S/C22H21FN4/c1-2-3-4-8-17-14-16-7-5-6-9-20(16)24-22(17)21-15-27(26-25-21)19-12-10-18(23)11-13-19/h5-7,9-15H,2-4,8H2,1H3. The van der Waals surface area contributed by atoms with Gasteiger partial charge in [0.1, 0.15) is 11.5 Å². The van der Waals surface area contributed by atoms with E-state index in [1.165, 1.54) is 30.5 Å². The Morgan fingerprint density at radius 1 is 1.00 bits per heavy atom. The molecule has 27 heavy (non-hydrogen) atoms. The van der Waals surface area contributed by atoms with Gasteiger partial charge in [-0.2, -0.15) is 0 Å². The number of fused-ring (bicyclic) bond motifs is 1. The van der Waals surface area contributed by atoms with Gasteiger partial charge in [0, 0.05) is 5.39 Å². The van der Waals surface area contributed by atoms with Gasteiger partial charge in [-0.25, -0.2) is 14.1 Å². The molecule has 4 nitrogen and oxygen atoms in total. The minimum Gasteiger partial charge on any atom is -0.246 e. The minimum absolute atomic E-state index is 0.270. The van der Waals surface area contributed by atoms with E-state index in [2.05, 4.69) is 29.4 Å². The molecule has 136 valence electrons. The van der Waals surface area contributed by atoms with E-state index in [-0.39, 0.29) is 5.82 Å². The lowest BCUT2D eigenvalue weighted by Crippen LogP contribution is -1.96. The van der Waals surface area contributed by atoms with Crippen LogP contribution in [0.15, 0.2) is 60.8 Å². The smallest absolute Gasteiger partial charge is 0.132 e. The number of halogens is 1. The number of aryl methyl sites for hydroxylation is 1. The monoisotopic (exact) mass is 360 g/mol. The molecule has 4 aromatic rings. The molecule has 0 aliphatic rings. The van der Waals surface area contributed by atoms with Crippen LogP contribution in [0.5, 0.6) is 0 Å². The molecular weight excluding hydrogens is 339 g/mol. The van der Waals surface area contributed by atoms with E-state index < -0.39 is 0 Å². The Balaban J connectivity index is 1.75. The molecule has 0 radical (unpaired) electrons. The van der Waals surface area contributed by atoms with Crippen LogP contribution < -0.4 is 0 Å². The molecule has 0 saturated heterocycles. The van der Waals surface area contributed by atoms with Crippen molar-refractivity contribution in [2.24, 2.45) is 0 Å². The highest BCUT2D eigenvalue weighted by atomic mass is 19.1. The third-order valence-electron chi connectivity index (χ3n) is 4.68. The summed E-state index contributed by atoms with van der Waals surface area (Å²) in [6, 6.07) is 16.5. The summed E-state index contributed by atoms with van der Waals surface area (Å²) in [5.41, 5.74) is 4.51. The van der Waals surface area contributed by atoms with Gasteiger partial charge in [-0.05, 0) is 54.8 Å². The number of unbranched alkanes of at least 4 members (excludes halogenated alkanes) is 2. The second kappa shape index (κ2) is 7.66. The molecule has 2 heterocycles. The normalized spacial score (nSPS) is 11.2. The van der Waals surface area contributed by atoms with Crippen LogP contribution in [0.3, 0.4) is 0 Å². The predicted octanol–water partition coefficient (Wildman–Crippen LogP) is 5.35. The van der Waals surface area contributed by atoms with Gasteiger partial charge < -0.3 is 0 Å². The van der Waals surface area contributed by atoms with Crippen LogP contribution in [0.2, 0.25) is 0 Å². The number of pyridine rings is 1. The third-order valence-corrected chi connectivity index (χ3v) is 4.68. The molecule has 2 aromatic heterocycles. The highest BCUT2D eigenvalue weighted by Crippen LogP contribution is 2.26. The fourth-order valence-electron chi connectivity index (χ4n) is 3.23. The summed E-state index contributed by atoms with van der Waals surface area (Å²) < 4.78 is 14.8. The number of para-hydroxylation sites is 1. The first-order valence-corrected chi connectivity index (χ1v) is 9.32. The van der Waals surface area contributed by atoms with E-state index in [1.807, 2.05) is 24.4 Å². The molecule has 0 spiro atoms. The topological polar surface area (TPSA) is 43.6 Å². The summed E-state index contributed by atoms with van der Waals surface area (Å²) >= 11 is 0. The Morgan fingerprint density at radius 3 is 2.63 bits per heavy atom. The Labute approximate surface area is 157 Å². The van der Waals surface area contributed by atoms with Crippen molar-refractivity contribution in [3.63, 3.8) is 0 Å². The van der Waals surface area contributed by atoms with Crippen molar-refractivity contribution in [3.05, 3.63) is 72.2 Å². The molecule has 2 aromatic carbocycles. The fourth-order valence-corrected chi connectivity index (χ4v) is 3.23. The number of aromatic nitrogens is 4. The van der Waals surface area contributed by atoms with Crippen LogP contribution in [0.4, 0.5) is 4.39 Å². The van der Waals surface area contributed by atoms with Crippen molar-refractivity contribution < 1.29 is 4.39 Å². The number of hydrogen-bond acceptors (Lipinski definition) is 3. The van der Waals surface area contributed by atoms with Gasteiger partial charge in [0.15, 0.2) is 0 Å². The molecular formula is C22H21FN4. The van der Waals surface area contributed by atoms with Crippen molar-refractivity contribution in [2.75, 3.05) is 0 Å². The zero-order valence-corrected chi connectivity index (χ0v) is 15.3. The SMILES string of the molecule is CCCCCc1cc2ccccc2nc1-c1cn(-c2ccc(F)cc2)nn1. The molecule has 4 rings (SSSR count). The van der Waals surface area contributed by atoms with Gasteiger partial charge in [-0.3, -0.25) is 0 Å². The molecule has 0 bridgehead atoms. The number of benzene rings is 2. The maximum absolute atomic E-state index is 13.2. The Hall–Kier alpha value is -3.08. The number of nitrogens with zero attached hydrogens (tertiary/aromatic N) is 4. The first-order valence-electron chi connectivity index (χ1n) is 9.32. The van der Waals surface area contributed by atoms with Gasteiger partial charge in [0.2, 0.25) is 0 Å². The van der Waals surface area contributed by atoms with Gasteiger partial charge in [-0.1, -0.05) is 43.2 Å². The van der Waals surface area contributed by atoms with Crippen LogP contribution in [0, 0.1) is 5.82 Å². The summed E-state index contributed by atoms with van der Waals surface area (Å²) in [7, 11) is 0. The first-order chi connectivity index (χ1) is 13.2. The average molecular weight is 360 g/mol. The van der Waals surface area contributed by atoms with E-state index >= 15 is 0 Å². The molecule has 0 aliphatic heterocycles. The minimum atomic E-state index is -0.270. The first kappa shape index (κ1) is 17.3. The lowest BCUT2D eigenvalue weighted by molar-refractivity contribution is 0.626. The van der Waals surface area contributed by atoms with E-state index in [9.17, 15) is 4.39 Å². The zero-order chi connectivity index (χ0) is 18.6. The van der Waals surface area contributed by atoms with E-state index in [1.54, 1.807) is 16.8 Å². The molecule has 0 aliphatic carbocycles. The molecule has 0 amide bonds. The number of hydrogen-bond donors (Lipinski definition) is 0. The molecule has 0 saturated carbocycles. The molecule has 0 fully saturated rings. The maximum Gasteiger partial charge on any atom is 0.132 e. The number of rotatable bonds is 6. The summed E-state index contributed by atoms with van der Waals surface area (Å²) in [4.78, 5) is 4.87. The Kier molecular flexibility index (Phi) is 4.92. The van der Waals surface area contributed by atoms with Crippen molar-refractivity contribution in [1.82, 2.24) is 20.0 Å². The van der Waals surface area contributed by atoms with Gasteiger partial charge in [0.05, 0.1) is 23.1 Å². The van der Waals surface area contributed by atoms with E-state index in [4.69, 9.17) is 4.98 Å². The van der Waals surface area contributed by atoms with Gasteiger partial charge in [0.25, 0.3) is 0 Å². The zero-order valence-electron chi connectivity index (χ0n) is 15.3. The van der Waals surface area contributed by atoms with Gasteiger partial charge >= 0.3 is 0 Å². The van der Waals surface area contributed by atoms with E-state index in [0.29, 0.717) is 0 Å². The fraction of sp³-hybridized carbons (Fsp3) is 0.227. The summed E-state index contributed by atoms with van der Waals surface area (Å²) in [5, 5.41) is 9.69. The Bertz CT molecular complexity index is 1050. The second-order valence-corrected chi connectivity index (χ2v) is 6.67. The lowest BCUT2D eigenvalue weighted by atomic mass is 10.0. The second-order valence-electron chi connectivity index (χ2n) is 6.67. The van der Waals surface area contributed by atoms with Crippen LogP contribution in [0.1, 0.15) is 31.7 Å². The van der Waals surface area contributed by atoms with Crippen molar-refractivity contribution in [1.29, 1.82) is 0 Å². The molecule has 0 unspecified atom stereocenters. The van der Waals surface area contributed by atoms with Crippen LogP contribution >= 0.6 is 0 Å². The third kappa shape index (κ3) is 3.72. The quantitative estimate of drug-likeness (QED) is 0.435. The van der Waals surface area contributed by atoms with E-state index in [0.717, 1.165) is 40.8 Å². The average Bonchev–Trinajstić information content (AvgIpc) is 3.18. The largest absolute Gasteiger partial charge is 0.246 e. The van der Waals surface area contributed by atoms with Crippen LogP contribution in [0.25, 0.3) is 28.0 Å². The van der Waals surface area contributed by atoms with Gasteiger partial charge in [-0.15, -0.1) is 5.10 Å². The van der Waals surface area contributed by atoms with Crippen molar-refractivity contribution in [3.8, 4) is 17.1 Å². The lowest BCUT2D eigenvalue weighted by Gasteiger charge is -2.09. The summed E-state index contributed by atoms with van der Waals surface area (Å²) in [5.74, 6) is -0.270. The molecule has 5 heteroatoms. The highest BCUT2D eigenvalue weighted by molar-refractivity contribution is 5.82. The summed E-state index contributed by atoms with van der Waals surface area (Å²) in [6.07, 6.45) is 6.30. The molecule has 0 N–H and O–H groups in total. The van der Waals surface area contributed by atoms with Crippen molar-refractivity contribution in [2.45, 2.75) is 32.6 Å². The van der Waals surface area contributed by atoms with Crippen molar-refractivity contribution >= 4 is 10.9 Å².